The second-order valence-corrected chi connectivity index (χ2v) is 7.26. The predicted molar refractivity (Wildman–Crippen MR) is 81.5 cm³/mol. The van der Waals surface area contributed by atoms with Crippen LogP contribution in [0.15, 0.2) is 41.7 Å². The van der Waals surface area contributed by atoms with Crippen LogP contribution in [0.2, 0.25) is 0 Å². The lowest BCUT2D eigenvalue weighted by atomic mass is 10.0. The Bertz CT molecular complexity index is 749. The average Bonchev–Trinajstić information content (AvgIpc) is 2.56. The summed E-state index contributed by atoms with van der Waals surface area (Å²) in [6.07, 6.45) is 7.20. The van der Waals surface area contributed by atoms with Crippen molar-refractivity contribution in [3.05, 3.63) is 48.3 Å². The molecule has 0 aliphatic carbocycles. The molecule has 3 rings (SSSR count). The lowest BCUT2D eigenvalue weighted by molar-refractivity contribution is 0.246. The first-order chi connectivity index (χ1) is 10.6. The maximum Gasteiger partial charge on any atom is 0.245 e. The number of pyridine rings is 1. The summed E-state index contributed by atoms with van der Waals surface area (Å²) in [7, 11) is -3.58. The molecule has 116 valence electrons. The van der Waals surface area contributed by atoms with Crippen molar-refractivity contribution in [3.63, 3.8) is 0 Å². The Morgan fingerprint density at radius 3 is 2.82 bits per heavy atom. The van der Waals surface area contributed by atoms with Gasteiger partial charge >= 0.3 is 0 Å². The largest absolute Gasteiger partial charge is 0.263 e. The van der Waals surface area contributed by atoms with Gasteiger partial charge in [0.1, 0.15) is 10.7 Å². The predicted octanol–water partition coefficient (Wildman–Crippen LogP) is 2.10. The van der Waals surface area contributed by atoms with Gasteiger partial charge in [-0.1, -0.05) is 6.42 Å². The van der Waals surface area contributed by atoms with Gasteiger partial charge in [0.25, 0.3) is 0 Å². The zero-order valence-electron chi connectivity index (χ0n) is 12.4. The minimum atomic E-state index is -3.58. The van der Waals surface area contributed by atoms with Crippen LogP contribution >= 0.6 is 0 Å². The molecular weight excluding hydrogens is 300 g/mol. The lowest BCUT2D eigenvalue weighted by Gasteiger charge is -2.33. The summed E-state index contributed by atoms with van der Waals surface area (Å²) < 4.78 is 27.3. The summed E-state index contributed by atoms with van der Waals surface area (Å²) in [4.78, 5) is 12.8. The Morgan fingerprint density at radius 2 is 2.09 bits per heavy atom. The summed E-state index contributed by atoms with van der Waals surface area (Å²) >= 11 is 0. The zero-order chi connectivity index (χ0) is 15.6. The first kappa shape index (κ1) is 15.1. The van der Waals surface area contributed by atoms with Crippen molar-refractivity contribution < 1.29 is 8.42 Å². The third kappa shape index (κ3) is 2.86. The molecule has 1 unspecified atom stereocenters. The molecule has 2 aromatic heterocycles. The second-order valence-electron chi connectivity index (χ2n) is 5.37. The quantitative estimate of drug-likeness (QED) is 0.866. The van der Waals surface area contributed by atoms with Gasteiger partial charge in [0, 0.05) is 30.8 Å². The van der Waals surface area contributed by atoms with Crippen LogP contribution in [0.1, 0.15) is 36.8 Å². The van der Waals surface area contributed by atoms with Crippen LogP contribution in [0.5, 0.6) is 0 Å². The number of aromatic nitrogens is 3. The van der Waals surface area contributed by atoms with Crippen molar-refractivity contribution in [1.82, 2.24) is 19.3 Å². The first-order valence-electron chi connectivity index (χ1n) is 7.30. The van der Waals surface area contributed by atoms with Gasteiger partial charge in [-0.05, 0) is 38.0 Å². The lowest BCUT2D eigenvalue weighted by Crippen LogP contribution is -2.39. The highest BCUT2D eigenvalue weighted by Crippen LogP contribution is 2.33. The molecule has 0 amide bonds. The van der Waals surface area contributed by atoms with Crippen molar-refractivity contribution in [1.29, 1.82) is 0 Å². The molecule has 1 saturated heterocycles. The van der Waals surface area contributed by atoms with E-state index in [1.54, 1.807) is 24.5 Å². The van der Waals surface area contributed by atoms with E-state index in [1.165, 1.54) is 10.5 Å². The zero-order valence-corrected chi connectivity index (χ0v) is 13.2. The Balaban J connectivity index is 2.00. The van der Waals surface area contributed by atoms with Crippen LogP contribution in [0.3, 0.4) is 0 Å². The fourth-order valence-electron chi connectivity index (χ4n) is 2.71. The Labute approximate surface area is 130 Å². The molecule has 3 heterocycles. The Morgan fingerprint density at radius 1 is 1.23 bits per heavy atom. The normalized spacial score (nSPS) is 20.0. The van der Waals surface area contributed by atoms with E-state index in [9.17, 15) is 8.42 Å². The third-order valence-electron chi connectivity index (χ3n) is 3.81. The summed E-state index contributed by atoms with van der Waals surface area (Å²) in [6, 6.07) is 4.71. The van der Waals surface area contributed by atoms with E-state index >= 15 is 0 Å². The first-order valence-corrected chi connectivity index (χ1v) is 8.74. The number of rotatable bonds is 3. The molecule has 0 N–H and O–H groups in total. The van der Waals surface area contributed by atoms with Crippen molar-refractivity contribution in [2.24, 2.45) is 0 Å². The monoisotopic (exact) mass is 318 g/mol. The molecule has 0 radical (unpaired) electrons. The number of sulfonamides is 1. The molecule has 0 aromatic carbocycles. The van der Waals surface area contributed by atoms with E-state index in [0.717, 1.165) is 25.0 Å². The third-order valence-corrected chi connectivity index (χ3v) is 5.70. The fraction of sp³-hybridized carbons (Fsp3) is 0.400. The van der Waals surface area contributed by atoms with E-state index in [2.05, 4.69) is 15.0 Å². The molecule has 1 aliphatic rings. The van der Waals surface area contributed by atoms with Crippen LogP contribution in [0, 0.1) is 6.92 Å². The van der Waals surface area contributed by atoms with Crippen LogP contribution in [0.25, 0.3) is 0 Å². The minimum absolute atomic E-state index is 0.217. The molecule has 7 heteroatoms. The summed E-state index contributed by atoms with van der Waals surface area (Å²) in [5, 5.41) is 0. The van der Waals surface area contributed by atoms with Crippen LogP contribution in [-0.4, -0.2) is 34.2 Å². The fourth-order valence-corrected chi connectivity index (χ4v) is 4.33. The number of aryl methyl sites for hydroxylation is 1. The highest BCUT2D eigenvalue weighted by molar-refractivity contribution is 7.89. The molecule has 2 aromatic rings. The van der Waals surface area contributed by atoms with Gasteiger partial charge in [0.15, 0.2) is 0 Å². The SMILES string of the molecule is Cc1ccnc(C2CCCCN2S(=O)(=O)c2cccnc2)n1. The van der Waals surface area contributed by atoms with E-state index in [-0.39, 0.29) is 10.9 Å². The van der Waals surface area contributed by atoms with Crippen molar-refractivity contribution >= 4 is 10.0 Å². The van der Waals surface area contributed by atoms with Gasteiger partial charge in [0.2, 0.25) is 10.0 Å². The summed E-state index contributed by atoms with van der Waals surface area (Å²) in [5.74, 6) is 0.576. The summed E-state index contributed by atoms with van der Waals surface area (Å²) in [5.41, 5.74) is 0.842. The molecule has 1 atom stereocenters. The van der Waals surface area contributed by atoms with Crippen molar-refractivity contribution in [3.8, 4) is 0 Å². The Hall–Kier alpha value is -1.86. The number of hydrogen-bond acceptors (Lipinski definition) is 5. The van der Waals surface area contributed by atoms with Gasteiger partial charge in [-0.25, -0.2) is 18.4 Å². The van der Waals surface area contributed by atoms with Crippen LogP contribution < -0.4 is 0 Å². The molecule has 1 fully saturated rings. The van der Waals surface area contributed by atoms with E-state index < -0.39 is 10.0 Å². The number of piperidine rings is 1. The highest BCUT2D eigenvalue weighted by Gasteiger charge is 2.36. The van der Waals surface area contributed by atoms with Gasteiger partial charge in [-0.2, -0.15) is 4.31 Å². The molecular formula is C15H18N4O2S. The smallest absolute Gasteiger partial charge is 0.245 e. The van der Waals surface area contributed by atoms with Crippen molar-refractivity contribution in [2.75, 3.05) is 6.54 Å². The maximum absolute atomic E-state index is 12.9. The molecule has 22 heavy (non-hydrogen) atoms. The molecule has 0 saturated carbocycles. The highest BCUT2D eigenvalue weighted by atomic mass is 32.2. The van der Waals surface area contributed by atoms with Gasteiger partial charge in [-0.3, -0.25) is 4.98 Å². The number of hydrogen-bond donors (Lipinski definition) is 0. The topological polar surface area (TPSA) is 76.1 Å². The standard InChI is InChI=1S/C15H18N4O2S/c1-12-7-9-17-15(18-12)14-6-2-3-10-19(14)22(20,21)13-5-4-8-16-11-13/h4-5,7-9,11,14H,2-3,6,10H2,1H3. The van der Waals surface area contributed by atoms with Crippen LogP contribution in [0.4, 0.5) is 0 Å². The van der Waals surface area contributed by atoms with Gasteiger partial charge in [0.05, 0.1) is 6.04 Å². The van der Waals surface area contributed by atoms with Crippen molar-refractivity contribution in [2.45, 2.75) is 37.1 Å². The maximum atomic E-state index is 12.9. The molecule has 1 aliphatic heterocycles. The average molecular weight is 318 g/mol. The van der Waals surface area contributed by atoms with E-state index in [0.29, 0.717) is 12.4 Å². The van der Waals surface area contributed by atoms with E-state index in [1.807, 2.05) is 13.0 Å². The molecule has 0 spiro atoms. The van der Waals surface area contributed by atoms with E-state index in [4.69, 9.17) is 0 Å². The molecule has 6 nitrogen and oxygen atoms in total. The molecule has 0 bridgehead atoms. The van der Waals surface area contributed by atoms with Crippen LogP contribution in [-0.2, 0) is 10.0 Å². The number of nitrogens with zero attached hydrogens (tertiary/aromatic N) is 4. The van der Waals surface area contributed by atoms with Gasteiger partial charge in [-0.15, -0.1) is 0 Å². The second kappa shape index (κ2) is 6.10. The Kier molecular flexibility index (Phi) is 4.17. The minimum Gasteiger partial charge on any atom is -0.263 e. The summed E-state index contributed by atoms with van der Waals surface area (Å²) in [6.45, 7) is 2.37. The van der Waals surface area contributed by atoms with Gasteiger partial charge < -0.3 is 0 Å².